The van der Waals surface area contributed by atoms with Crippen molar-refractivity contribution in [1.82, 2.24) is 0 Å². The molecule has 0 unspecified atom stereocenters. The quantitative estimate of drug-likeness (QED) is 0.257. The molecule has 0 aliphatic carbocycles. The van der Waals surface area contributed by atoms with E-state index in [-0.39, 0.29) is 0 Å². The normalized spacial score (nSPS) is 13.0. The van der Waals surface area contributed by atoms with Crippen LogP contribution in [0.3, 0.4) is 0 Å². The Kier molecular flexibility index (Phi) is 8.25. The highest BCUT2D eigenvalue weighted by Gasteiger charge is 1.98. The maximum absolute atomic E-state index is 8.82. The fourth-order valence-electron chi connectivity index (χ4n) is 1.69. The molecule has 1 nitrogen and oxygen atoms in total. The zero-order valence-corrected chi connectivity index (χ0v) is 10.8. The van der Waals surface area contributed by atoms with Gasteiger partial charge in [0.25, 0.3) is 0 Å². The monoisotopic (exact) mass is 217 g/mol. The molecule has 0 atom stereocenters. The fourth-order valence-corrected chi connectivity index (χ4v) is 1.69. The minimum atomic E-state index is 0.737. The Labute approximate surface area is 100 Å². The lowest BCUT2D eigenvalue weighted by molar-refractivity contribution is 0.722. The van der Waals surface area contributed by atoms with Gasteiger partial charge in [-0.1, -0.05) is 36.8 Å². The van der Waals surface area contributed by atoms with E-state index in [9.17, 15) is 0 Å². The summed E-state index contributed by atoms with van der Waals surface area (Å²) in [5, 5.41) is 8.82. The molecule has 0 heterocycles. The van der Waals surface area contributed by atoms with Crippen LogP contribution >= 0.6 is 0 Å². The first-order chi connectivity index (χ1) is 7.65. The molecule has 0 aromatic rings. The third-order valence-electron chi connectivity index (χ3n) is 2.71. The van der Waals surface area contributed by atoms with Crippen molar-refractivity contribution in [2.24, 2.45) is 0 Å². The van der Waals surface area contributed by atoms with Gasteiger partial charge in [-0.15, -0.1) is 0 Å². The predicted molar refractivity (Wildman–Crippen MR) is 71.0 cm³/mol. The van der Waals surface area contributed by atoms with Gasteiger partial charge < -0.3 is 0 Å². The van der Waals surface area contributed by atoms with Gasteiger partial charge in [-0.3, -0.25) is 0 Å². The van der Waals surface area contributed by atoms with Gasteiger partial charge in [0, 0.05) is 0 Å². The molecule has 0 radical (unpaired) electrons. The molecule has 0 bridgehead atoms. The van der Waals surface area contributed by atoms with Gasteiger partial charge in [-0.05, 0) is 46.0 Å². The summed E-state index contributed by atoms with van der Waals surface area (Å²) in [6, 6.07) is 2.17. The van der Waals surface area contributed by atoms with E-state index in [0.717, 1.165) is 30.4 Å². The van der Waals surface area contributed by atoms with Gasteiger partial charge >= 0.3 is 0 Å². The molecule has 16 heavy (non-hydrogen) atoms. The van der Waals surface area contributed by atoms with Crippen LogP contribution in [0.15, 0.2) is 35.5 Å². The van der Waals surface area contributed by atoms with E-state index < -0.39 is 0 Å². The van der Waals surface area contributed by atoms with Crippen LogP contribution in [0.2, 0.25) is 0 Å². The second kappa shape index (κ2) is 8.97. The third-order valence-corrected chi connectivity index (χ3v) is 2.71. The average molecular weight is 217 g/mol. The van der Waals surface area contributed by atoms with Crippen LogP contribution < -0.4 is 0 Å². The summed E-state index contributed by atoms with van der Waals surface area (Å²) in [6.45, 7) is 10.0. The Bertz CT molecular complexity index is 313. The number of nitrogens with zero attached hydrogens (tertiary/aromatic N) is 1. The molecule has 0 aromatic carbocycles. The lowest BCUT2D eigenvalue weighted by Gasteiger charge is -2.03. The molecule has 1 heteroatoms. The Morgan fingerprint density at radius 1 is 1.25 bits per heavy atom. The van der Waals surface area contributed by atoms with Crippen molar-refractivity contribution in [1.29, 1.82) is 5.26 Å². The van der Waals surface area contributed by atoms with Crippen molar-refractivity contribution in [3.63, 3.8) is 0 Å². The van der Waals surface area contributed by atoms with Gasteiger partial charge in [0.1, 0.15) is 0 Å². The molecule has 0 aliphatic rings. The van der Waals surface area contributed by atoms with E-state index in [1.165, 1.54) is 18.4 Å². The van der Waals surface area contributed by atoms with E-state index >= 15 is 0 Å². The standard InChI is InChI=1S/C15H23N/c1-5-9-13(3)10-7-8-11-14(4)15(6-2)12-16/h6,9H,2,5,7-8,10-11H2,1,3-4H3/b13-9-,15-14+. The number of rotatable bonds is 7. The third kappa shape index (κ3) is 6.24. The lowest BCUT2D eigenvalue weighted by Crippen LogP contribution is -1.85. The Morgan fingerprint density at radius 2 is 1.88 bits per heavy atom. The van der Waals surface area contributed by atoms with Crippen LogP contribution in [0.5, 0.6) is 0 Å². The first-order valence-corrected chi connectivity index (χ1v) is 6.03. The molecular formula is C15H23N. The van der Waals surface area contributed by atoms with Gasteiger partial charge in [0.2, 0.25) is 0 Å². The number of nitriles is 1. The van der Waals surface area contributed by atoms with Crippen LogP contribution in [-0.4, -0.2) is 0 Å². The van der Waals surface area contributed by atoms with Crippen LogP contribution in [0, 0.1) is 11.3 Å². The summed E-state index contributed by atoms with van der Waals surface area (Å²) in [6.07, 6.45) is 9.60. The molecule has 0 aliphatic heterocycles. The topological polar surface area (TPSA) is 23.8 Å². The Balaban J connectivity index is 3.92. The highest BCUT2D eigenvalue weighted by Crippen LogP contribution is 2.15. The van der Waals surface area contributed by atoms with E-state index in [2.05, 4.69) is 32.6 Å². The fraction of sp³-hybridized carbons (Fsp3) is 0.533. The maximum Gasteiger partial charge on any atom is 0.0990 e. The summed E-state index contributed by atoms with van der Waals surface area (Å²) >= 11 is 0. The van der Waals surface area contributed by atoms with E-state index in [4.69, 9.17) is 5.26 Å². The summed E-state index contributed by atoms with van der Waals surface area (Å²) in [4.78, 5) is 0. The zero-order valence-electron chi connectivity index (χ0n) is 10.8. The second-order valence-corrected chi connectivity index (χ2v) is 4.18. The van der Waals surface area contributed by atoms with E-state index in [0.29, 0.717) is 0 Å². The molecule has 88 valence electrons. The molecule has 0 N–H and O–H groups in total. The van der Waals surface area contributed by atoms with Crippen molar-refractivity contribution < 1.29 is 0 Å². The first-order valence-electron chi connectivity index (χ1n) is 6.03. The van der Waals surface area contributed by atoms with Gasteiger partial charge in [-0.2, -0.15) is 5.26 Å². The minimum Gasteiger partial charge on any atom is -0.192 e. The number of hydrogen-bond donors (Lipinski definition) is 0. The van der Waals surface area contributed by atoms with Crippen molar-refractivity contribution >= 4 is 0 Å². The van der Waals surface area contributed by atoms with E-state index in [1.807, 2.05) is 6.92 Å². The highest BCUT2D eigenvalue weighted by molar-refractivity contribution is 5.35. The molecule has 0 fully saturated rings. The van der Waals surface area contributed by atoms with Crippen molar-refractivity contribution in [3.8, 4) is 6.07 Å². The van der Waals surface area contributed by atoms with Gasteiger partial charge in [-0.25, -0.2) is 0 Å². The molecule has 0 amide bonds. The summed E-state index contributed by atoms with van der Waals surface area (Å²) in [5.74, 6) is 0. The highest BCUT2D eigenvalue weighted by atomic mass is 14.2. The molecule has 0 saturated heterocycles. The largest absolute Gasteiger partial charge is 0.192 e. The number of allylic oxidation sites excluding steroid dienone is 5. The predicted octanol–water partition coefficient (Wildman–Crippen LogP) is 4.93. The lowest BCUT2D eigenvalue weighted by atomic mass is 10.0. The first kappa shape index (κ1) is 14.7. The van der Waals surface area contributed by atoms with Crippen molar-refractivity contribution in [3.05, 3.63) is 35.5 Å². The van der Waals surface area contributed by atoms with Gasteiger partial charge in [0.15, 0.2) is 0 Å². The number of unbranched alkanes of at least 4 members (excludes halogenated alkanes) is 1. The van der Waals surface area contributed by atoms with Crippen molar-refractivity contribution in [2.45, 2.75) is 52.9 Å². The summed E-state index contributed by atoms with van der Waals surface area (Å²) in [7, 11) is 0. The second-order valence-electron chi connectivity index (χ2n) is 4.18. The SMILES string of the molecule is C=C/C(C#N)=C(/C)CCCC/C(C)=C\CC. The summed E-state index contributed by atoms with van der Waals surface area (Å²) < 4.78 is 0. The molecule has 0 saturated carbocycles. The number of hydrogen-bond acceptors (Lipinski definition) is 1. The van der Waals surface area contributed by atoms with Crippen LogP contribution in [0.25, 0.3) is 0 Å². The zero-order chi connectivity index (χ0) is 12.4. The van der Waals surface area contributed by atoms with Crippen LogP contribution in [0.1, 0.15) is 52.9 Å². The van der Waals surface area contributed by atoms with Crippen molar-refractivity contribution in [2.75, 3.05) is 0 Å². The molecule has 0 rings (SSSR count). The van der Waals surface area contributed by atoms with Crippen LogP contribution in [0.4, 0.5) is 0 Å². The Morgan fingerprint density at radius 3 is 2.38 bits per heavy atom. The molecular weight excluding hydrogens is 194 g/mol. The maximum atomic E-state index is 8.82. The molecule has 0 spiro atoms. The van der Waals surface area contributed by atoms with E-state index in [1.54, 1.807) is 6.08 Å². The smallest absolute Gasteiger partial charge is 0.0990 e. The minimum absolute atomic E-state index is 0.737. The Hall–Kier alpha value is -1.29. The van der Waals surface area contributed by atoms with Crippen LogP contribution in [-0.2, 0) is 0 Å². The molecule has 0 aromatic heterocycles. The average Bonchev–Trinajstić information content (AvgIpc) is 2.26. The van der Waals surface area contributed by atoms with Gasteiger partial charge in [0.05, 0.1) is 11.6 Å². The summed E-state index contributed by atoms with van der Waals surface area (Å²) in [5.41, 5.74) is 3.38.